The largest absolute Gasteiger partial charge is 0.0622 e. The summed E-state index contributed by atoms with van der Waals surface area (Å²) in [6, 6.07) is 42.7. The van der Waals surface area contributed by atoms with Crippen molar-refractivity contribution in [2.24, 2.45) is 0 Å². The Bertz CT molecular complexity index is 1450. The molecule has 0 unspecified atom stereocenters. The maximum absolute atomic E-state index is 2.36. The fraction of sp³-hybridized carbons (Fsp3) is 0.125. The van der Waals surface area contributed by atoms with Crippen molar-refractivity contribution in [1.29, 1.82) is 0 Å². The van der Waals surface area contributed by atoms with Gasteiger partial charge in [-0.2, -0.15) is 0 Å². The second-order valence-corrected chi connectivity index (χ2v) is 11.2. The molecule has 0 bridgehead atoms. The first kappa shape index (κ1) is 20.4. The van der Waals surface area contributed by atoms with Crippen LogP contribution >= 0.6 is 7.92 Å². The maximum Gasteiger partial charge on any atom is -0.00240 e. The van der Waals surface area contributed by atoms with E-state index in [9.17, 15) is 0 Å². The standard InChI is InChI=1S/C32H27P/c1-3-13-28(14-4-1)33(29-15-5-2-6-16-29)23-8-7-10-24-17-18-27-20-19-25-11-9-12-26-21-22-30(24)32(27)31(25)26/h1-6,9,11-22H,7-8,10,23H2. The minimum atomic E-state index is -0.299. The number of unbranched alkanes of at least 4 members (excludes halogenated alkanes) is 1. The van der Waals surface area contributed by atoms with Gasteiger partial charge in [-0.3, -0.25) is 0 Å². The average molecular weight is 443 g/mol. The zero-order valence-electron chi connectivity index (χ0n) is 18.7. The third kappa shape index (κ3) is 3.90. The van der Waals surface area contributed by atoms with Crippen LogP contribution in [0.5, 0.6) is 0 Å². The van der Waals surface area contributed by atoms with Crippen LogP contribution < -0.4 is 10.6 Å². The number of hydrogen-bond donors (Lipinski definition) is 0. The molecule has 1 heteroatoms. The Balaban J connectivity index is 1.24. The molecule has 0 aliphatic heterocycles. The summed E-state index contributed by atoms with van der Waals surface area (Å²) < 4.78 is 0. The molecule has 0 fully saturated rings. The van der Waals surface area contributed by atoms with Crippen molar-refractivity contribution in [3.63, 3.8) is 0 Å². The van der Waals surface area contributed by atoms with E-state index in [4.69, 9.17) is 0 Å². The number of aryl methyl sites for hydroxylation is 1. The summed E-state index contributed by atoms with van der Waals surface area (Å²) in [5, 5.41) is 11.3. The molecule has 6 aromatic rings. The molecule has 0 atom stereocenters. The van der Waals surface area contributed by atoms with Gasteiger partial charge in [0.1, 0.15) is 0 Å². The molecule has 0 aliphatic carbocycles. The molecule has 0 radical (unpaired) electrons. The van der Waals surface area contributed by atoms with Crippen molar-refractivity contribution in [2.75, 3.05) is 6.16 Å². The summed E-state index contributed by atoms with van der Waals surface area (Å²) in [6.45, 7) is 0. The molecule has 0 aliphatic rings. The summed E-state index contributed by atoms with van der Waals surface area (Å²) >= 11 is 0. The van der Waals surface area contributed by atoms with Gasteiger partial charge in [0.2, 0.25) is 0 Å². The van der Waals surface area contributed by atoms with E-state index in [1.807, 2.05) is 0 Å². The highest BCUT2D eigenvalue weighted by atomic mass is 31.1. The van der Waals surface area contributed by atoms with E-state index in [-0.39, 0.29) is 7.92 Å². The van der Waals surface area contributed by atoms with Crippen molar-refractivity contribution >= 4 is 50.8 Å². The molecule has 0 saturated heterocycles. The summed E-state index contributed by atoms with van der Waals surface area (Å²) in [4.78, 5) is 0. The van der Waals surface area contributed by atoms with Gasteiger partial charge in [0, 0.05) is 0 Å². The zero-order valence-corrected chi connectivity index (χ0v) is 19.6. The second kappa shape index (κ2) is 8.97. The van der Waals surface area contributed by atoms with Crippen molar-refractivity contribution in [3.05, 3.63) is 121 Å². The van der Waals surface area contributed by atoms with Crippen LogP contribution in [0.25, 0.3) is 32.3 Å². The van der Waals surface area contributed by atoms with Gasteiger partial charge in [-0.1, -0.05) is 115 Å². The minimum Gasteiger partial charge on any atom is -0.0622 e. The smallest absolute Gasteiger partial charge is 0.00240 e. The van der Waals surface area contributed by atoms with Crippen molar-refractivity contribution in [1.82, 2.24) is 0 Å². The van der Waals surface area contributed by atoms with E-state index >= 15 is 0 Å². The fourth-order valence-corrected chi connectivity index (χ4v) is 7.64. The van der Waals surface area contributed by atoms with Gasteiger partial charge in [-0.15, -0.1) is 0 Å². The van der Waals surface area contributed by atoms with Crippen LogP contribution in [0, 0.1) is 0 Å². The molecular formula is C32H27P. The van der Waals surface area contributed by atoms with Crippen LogP contribution in [0.1, 0.15) is 18.4 Å². The Morgan fingerprint density at radius 1 is 0.455 bits per heavy atom. The van der Waals surface area contributed by atoms with Crippen LogP contribution in [0.2, 0.25) is 0 Å². The molecule has 33 heavy (non-hydrogen) atoms. The third-order valence-electron chi connectivity index (χ3n) is 6.83. The quantitative estimate of drug-likeness (QED) is 0.133. The van der Waals surface area contributed by atoms with Gasteiger partial charge in [-0.05, 0) is 81.8 Å². The van der Waals surface area contributed by atoms with Crippen LogP contribution in [-0.2, 0) is 6.42 Å². The van der Waals surface area contributed by atoms with Gasteiger partial charge in [-0.25, -0.2) is 0 Å². The van der Waals surface area contributed by atoms with E-state index in [0.717, 1.165) is 6.42 Å². The van der Waals surface area contributed by atoms with Crippen LogP contribution in [0.4, 0.5) is 0 Å². The first-order valence-corrected chi connectivity index (χ1v) is 13.4. The van der Waals surface area contributed by atoms with E-state index in [0.29, 0.717) is 0 Å². The number of rotatable bonds is 7. The van der Waals surface area contributed by atoms with Gasteiger partial charge in [0.15, 0.2) is 0 Å². The first-order valence-electron chi connectivity index (χ1n) is 11.9. The highest BCUT2D eigenvalue weighted by Crippen LogP contribution is 2.37. The van der Waals surface area contributed by atoms with Crippen LogP contribution in [0.3, 0.4) is 0 Å². The summed E-state index contributed by atoms with van der Waals surface area (Å²) in [7, 11) is -0.299. The van der Waals surface area contributed by atoms with Gasteiger partial charge < -0.3 is 0 Å². The topological polar surface area (TPSA) is 0 Å². The van der Waals surface area contributed by atoms with E-state index < -0.39 is 0 Å². The van der Waals surface area contributed by atoms with Crippen LogP contribution in [-0.4, -0.2) is 6.16 Å². The van der Waals surface area contributed by atoms with E-state index in [1.54, 1.807) is 0 Å². The fourth-order valence-electron chi connectivity index (χ4n) is 5.22. The summed E-state index contributed by atoms with van der Waals surface area (Å²) in [5.74, 6) is 0. The van der Waals surface area contributed by atoms with E-state index in [1.165, 1.54) is 67.5 Å². The highest BCUT2D eigenvalue weighted by molar-refractivity contribution is 7.73. The molecule has 0 nitrogen and oxygen atoms in total. The Kier molecular flexibility index (Phi) is 5.54. The molecule has 0 saturated carbocycles. The van der Waals surface area contributed by atoms with Gasteiger partial charge in [0.05, 0.1) is 0 Å². The molecule has 6 rings (SSSR count). The number of benzene rings is 6. The molecule has 0 spiro atoms. The zero-order chi connectivity index (χ0) is 22.0. The Morgan fingerprint density at radius 2 is 1.03 bits per heavy atom. The third-order valence-corrected chi connectivity index (χ3v) is 9.44. The van der Waals surface area contributed by atoms with Gasteiger partial charge >= 0.3 is 0 Å². The maximum atomic E-state index is 2.36. The normalized spacial score (nSPS) is 11.8. The molecule has 0 N–H and O–H groups in total. The lowest BCUT2D eigenvalue weighted by atomic mass is 9.91. The first-order chi connectivity index (χ1) is 16.4. The monoisotopic (exact) mass is 442 g/mol. The van der Waals surface area contributed by atoms with Crippen molar-refractivity contribution < 1.29 is 0 Å². The number of hydrogen-bond acceptors (Lipinski definition) is 0. The minimum absolute atomic E-state index is 0.299. The predicted molar refractivity (Wildman–Crippen MR) is 147 cm³/mol. The molecule has 6 aromatic carbocycles. The average Bonchev–Trinajstić information content (AvgIpc) is 2.89. The van der Waals surface area contributed by atoms with Crippen molar-refractivity contribution in [2.45, 2.75) is 19.3 Å². The second-order valence-electron chi connectivity index (χ2n) is 8.86. The molecule has 0 aromatic heterocycles. The van der Waals surface area contributed by atoms with Gasteiger partial charge in [0.25, 0.3) is 0 Å². The molecular weight excluding hydrogens is 415 g/mol. The Labute approximate surface area is 197 Å². The summed E-state index contributed by atoms with van der Waals surface area (Å²) in [6.07, 6.45) is 4.86. The summed E-state index contributed by atoms with van der Waals surface area (Å²) in [5.41, 5.74) is 1.49. The lowest BCUT2D eigenvalue weighted by molar-refractivity contribution is 0.805. The molecule has 0 amide bonds. The Hall–Kier alpha value is -3.21. The lowest BCUT2D eigenvalue weighted by Gasteiger charge is -2.19. The van der Waals surface area contributed by atoms with Crippen molar-refractivity contribution in [3.8, 4) is 0 Å². The Morgan fingerprint density at radius 3 is 1.70 bits per heavy atom. The lowest BCUT2D eigenvalue weighted by Crippen LogP contribution is -2.13. The SMILES string of the molecule is c1ccc(P(CCCCc2ccc3ccc4cccc5ccc2c3c45)c2ccccc2)cc1. The van der Waals surface area contributed by atoms with Crippen LogP contribution in [0.15, 0.2) is 115 Å². The highest BCUT2D eigenvalue weighted by Gasteiger charge is 2.14. The molecule has 0 heterocycles. The molecule has 160 valence electrons. The predicted octanol–water partition coefficient (Wildman–Crippen LogP) is 8.04. The van der Waals surface area contributed by atoms with E-state index in [2.05, 4.69) is 115 Å².